The second kappa shape index (κ2) is 14.7. The first kappa shape index (κ1) is 32.9. The number of benzene rings is 4. The summed E-state index contributed by atoms with van der Waals surface area (Å²) in [6, 6.07) is 27.4. The van der Waals surface area contributed by atoms with Gasteiger partial charge in [0.15, 0.2) is 5.75 Å². The molecule has 0 aliphatic heterocycles. The van der Waals surface area contributed by atoms with Gasteiger partial charge in [0.25, 0.3) is 0 Å². The van der Waals surface area contributed by atoms with E-state index in [0.717, 1.165) is 17.7 Å². The fourth-order valence-electron chi connectivity index (χ4n) is 5.91. The highest BCUT2D eigenvalue weighted by atomic mass is 35.5. The molecule has 0 bridgehead atoms. The lowest BCUT2D eigenvalue weighted by atomic mass is 9.67. The summed E-state index contributed by atoms with van der Waals surface area (Å²) in [5, 5.41) is 1.00. The Morgan fingerprint density at radius 3 is 2.07 bits per heavy atom. The highest BCUT2D eigenvalue weighted by Crippen LogP contribution is 2.46. The van der Waals surface area contributed by atoms with Gasteiger partial charge < -0.3 is 14.2 Å². The van der Waals surface area contributed by atoms with E-state index in [0.29, 0.717) is 35.6 Å². The molecular weight excluding hydrogens is 575 g/mol. The minimum absolute atomic E-state index is 0.00688. The second-order valence-electron chi connectivity index (χ2n) is 12.2. The van der Waals surface area contributed by atoms with Gasteiger partial charge in [-0.25, -0.2) is 0 Å². The summed E-state index contributed by atoms with van der Waals surface area (Å²) in [5.74, 6) is 1.55. The Labute approximate surface area is 268 Å². The first-order valence-electron chi connectivity index (χ1n) is 14.8. The van der Waals surface area contributed by atoms with E-state index >= 15 is 0 Å². The molecule has 0 saturated heterocycles. The topological polar surface area (TPSA) is 27.7 Å². The van der Waals surface area contributed by atoms with Crippen molar-refractivity contribution in [2.75, 3.05) is 26.9 Å². The molecule has 4 rings (SSSR count). The molecule has 0 amide bonds. The summed E-state index contributed by atoms with van der Waals surface area (Å²) < 4.78 is 17.1. The number of hydrogen-bond acceptors (Lipinski definition) is 3. The van der Waals surface area contributed by atoms with Crippen molar-refractivity contribution >= 4 is 23.2 Å². The first-order chi connectivity index (χ1) is 20.5. The van der Waals surface area contributed by atoms with Crippen LogP contribution in [0.2, 0.25) is 10.0 Å². The average Bonchev–Trinajstić information content (AvgIpc) is 2.95. The van der Waals surface area contributed by atoms with Crippen LogP contribution in [0.5, 0.6) is 11.5 Å². The van der Waals surface area contributed by atoms with Crippen LogP contribution in [0, 0.1) is 26.2 Å². The molecular formula is C38H43Cl2O3. The Morgan fingerprint density at radius 1 is 0.791 bits per heavy atom. The van der Waals surface area contributed by atoms with Crippen LogP contribution in [0.1, 0.15) is 60.4 Å². The zero-order valence-electron chi connectivity index (χ0n) is 26.2. The number of ether oxygens (including phenoxy) is 3. The number of halogens is 2. The Hall–Kier alpha value is -2.98. The molecule has 0 fully saturated rings. The third-order valence-corrected chi connectivity index (χ3v) is 8.45. The van der Waals surface area contributed by atoms with Crippen molar-refractivity contribution in [3.8, 4) is 22.6 Å². The van der Waals surface area contributed by atoms with Gasteiger partial charge >= 0.3 is 0 Å². The van der Waals surface area contributed by atoms with Gasteiger partial charge in [-0.2, -0.15) is 0 Å². The van der Waals surface area contributed by atoms with E-state index in [2.05, 4.69) is 82.3 Å². The molecule has 2 unspecified atom stereocenters. The van der Waals surface area contributed by atoms with Crippen molar-refractivity contribution in [3.05, 3.63) is 124 Å². The minimum atomic E-state index is -0.00688. The molecule has 4 aromatic rings. The largest absolute Gasteiger partial charge is 0.490 e. The Balaban J connectivity index is 1.47. The Kier molecular flexibility index (Phi) is 11.2. The van der Waals surface area contributed by atoms with Gasteiger partial charge in [0.05, 0.1) is 16.7 Å². The minimum Gasteiger partial charge on any atom is -0.490 e. The van der Waals surface area contributed by atoms with Crippen LogP contribution in [-0.2, 0) is 11.2 Å². The Bertz CT molecular complexity index is 1480. The maximum absolute atomic E-state index is 6.29. The summed E-state index contributed by atoms with van der Waals surface area (Å²) in [7, 11) is 1.75. The van der Waals surface area contributed by atoms with Crippen molar-refractivity contribution in [1.29, 1.82) is 0 Å². The SMILES string of the molecule is [CH2]C(c1ccc(-c2ccccc2CCOC)cc1C)C(c1ccc(OCCOc2c(Cl)cc(C)cc2Cl)cc1)C(C)(C)C. The van der Waals surface area contributed by atoms with E-state index in [1.54, 1.807) is 7.11 Å². The van der Waals surface area contributed by atoms with Crippen LogP contribution < -0.4 is 9.47 Å². The van der Waals surface area contributed by atoms with Gasteiger partial charge in [0, 0.05) is 7.11 Å². The molecule has 0 aliphatic rings. The molecule has 0 aliphatic carbocycles. The van der Waals surface area contributed by atoms with Gasteiger partial charge in [-0.05, 0) is 108 Å². The molecule has 0 N–H and O–H groups in total. The van der Waals surface area contributed by atoms with E-state index in [9.17, 15) is 0 Å². The standard InChI is InChI=1S/C38H43Cl2O3/c1-25-22-34(39)37(35(40)23-25)43-21-20-42-31-15-12-29(13-16-31)36(38(4,5)6)27(3)32-17-14-30(24-26(32)2)33-11-9-8-10-28(33)18-19-41-7/h8-17,22-24,27,36H,3,18-21H2,1-2,4-7H3. The average molecular weight is 619 g/mol. The molecule has 2 atom stereocenters. The van der Waals surface area contributed by atoms with Crippen molar-refractivity contribution in [1.82, 2.24) is 0 Å². The maximum Gasteiger partial charge on any atom is 0.156 e. The van der Waals surface area contributed by atoms with Gasteiger partial charge in [-0.3, -0.25) is 0 Å². The van der Waals surface area contributed by atoms with Crippen molar-refractivity contribution < 1.29 is 14.2 Å². The predicted molar refractivity (Wildman–Crippen MR) is 181 cm³/mol. The fourth-order valence-corrected chi connectivity index (χ4v) is 6.61. The van der Waals surface area contributed by atoms with E-state index in [1.165, 1.54) is 33.4 Å². The lowest BCUT2D eigenvalue weighted by molar-refractivity contribution is 0.202. The quantitative estimate of drug-likeness (QED) is 0.148. The molecule has 0 spiro atoms. The molecule has 3 nitrogen and oxygen atoms in total. The summed E-state index contributed by atoms with van der Waals surface area (Å²) in [6.07, 6.45) is 0.889. The number of aryl methyl sites for hydroxylation is 2. The van der Waals surface area contributed by atoms with Crippen LogP contribution in [0.4, 0.5) is 0 Å². The van der Waals surface area contributed by atoms with Crippen LogP contribution in [0.15, 0.2) is 78.9 Å². The number of methoxy groups -OCH3 is 1. The first-order valence-corrected chi connectivity index (χ1v) is 15.6. The van der Waals surface area contributed by atoms with Crippen LogP contribution >= 0.6 is 23.2 Å². The summed E-state index contributed by atoms with van der Waals surface area (Å²) >= 11 is 12.6. The van der Waals surface area contributed by atoms with Crippen molar-refractivity contribution in [3.63, 3.8) is 0 Å². The van der Waals surface area contributed by atoms with Gasteiger partial charge in [0.2, 0.25) is 0 Å². The third-order valence-electron chi connectivity index (χ3n) is 7.89. The maximum atomic E-state index is 6.29. The number of hydrogen-bond donors (Lipinski definition) is 0. The normalized spacial score (nSPS) is 13.0. The van der Waals surface area contributed by atoms with E-state index in [1.807, 2.05) is 31.2 Å². The monoisotopic (exact) mass is 617 g/mol. The summed E-state index contributed by atoms with van der Waals surface area (Å²) in [4.78, 5) is 0. The highest BCUT2D eigenvalue weighted by molar-refractivity contribution is 6.37. The molecule has 5 heteroatoms. The second-order valence-corrected chi connectivity index (χ2v) is 13.1. The molecule has 227 valence electrons. The molecule has 0 aromatic heterocycles. The zero-order chi connectivity index (χ0) is 31.1. The number of rotatable bonds is 12. The highest BCUT2D eigenvalue weighted by Gasteiger charge is 2.33. The van der Waals surface area contributed by atoms with Crippen LogP contribution in [0.3, 0.4) is 0 Å². The Morgan fingerprint density at radius 2 is 1.44 bits per heavy atom. The van der Waals surface area contributed by atoms with Crippen LogP contribution in [0.25, 0.3) is 11.1 Å². The molecule has 43 heavy (non-hydrogen) atoms. The van der Waals surface area contributed by atoms with Gasteiger partial charge in [0.1, 0.15) is 19.0 Å². The van der Waals surface area contributed by atoms with Gasteiger partial charge in [-0.15, -0.1) is 0 Å². The summed E-state index contributed by atoms with van der Waals surface area (Å²) in [5.41, 5.74) is 8.52. The lowest BCUT2D eigenvalue weighted by Crippen LogP contribution is -2.24. The zero-order valence-corrected chi connectivity index (χ0v) is 27.7. The van der Waals surface area contributed by atoms with Crippen molar-refractivity contribution in [2.24, 2.45) is 5.41 Å². The third kappa shape index (κ3) is 8.35. The van der Waals surface area contributed by atoms with Gasteiger partial charge in [-0.1, -0.05) is 98.6 Å². The fraction of sp³-hybridized carbons (Fsp3) is 0.342. The molecule has 0 saturated carbocycles. The van der Waals surface area contributed by atoms with E-state index in [4.69, 9.17) is 44.3 Å². The van der Waals surface area contributed by atoms with Crippen molar-refractivity contribution in [2.45, 2.75) is 52.9 Å². The van der Waals surface area contributed by atoms with E-state index in [-0.39, 0.29) is 17.3 Å². The molecule has 4 aromatic carbocycles. The molecule has 0 heterocycles. The summed E-state index contributed by atoms with van der Waals surface area (Å²) in [6.45, 7) is 17.1. The predicted octanol–water partition coefficient (Wildman–Crippen LogP) is 10.7. The molecule has 1 radical (unpaired) electrons. The van der Waals surface area contributed by atoms with Crippen LogP contribution in [-0.4, -0.2) is 26.9 Å². The lowest BCUT2D eigenvalue weighted by Gasteiger charge is -2.37. The smallest absolute Gasteiger partial charge is 0.156 e. The van der Waals surface area contributed by atoms with E-state index < -0.39 is 0 Å².